The zero-order valence-corrected chi connectivity index (χ0v) is 10.0. The first-order valence-electron chi connectivity index (χ1n) is 5.62. The van der Waals surface area contributed by atoms with E-state index in [0.29, 0.717) is 6.04 Å². The van der Waals surface area contributed by atoms with Gasteiger partial charge in [-0.25, -0.2) is 0 Å². The van der Waals surface area contributed by atoms with Crippen molar-refractivity contribution in [2.45, 2.75) is 13.0 Å². The first-order chi connectivity index (χ1) is 7.13. The van der Waals surface area contributed by atoms with Gasteiger partial charge >= 0.3 is 0 Å². The molecule has 1 saturated heterocycles. The maximum Gasteiger partial charge on any atom is 0.0666 e. The first-order valence-corrected chi connectivity index (χ1v) is 5.62. The second kappa shape index (κ2) is 6.06. The summed E-state index contributed by atoms with van der Waals surface area (Å²) in [7, 11) is 4.34. The molecule has 2 unspecified atom stereocenters. The van der Waals surface area contributed by atoms with Crippen molar-refractivity contribution in [2.24, 2.45) is 5.92 Å². The van der Waals surface area contributed by atoms with Gasteiger partial charge in [0.1, 0.15) is 0 Å². The number of nitriles is 1. The van der Waals surface area contributed by atoms with Crippen molar-refractivity contribution in [3.05, 3.63) is 0 Å². The van der Waals surface area contributed by atoms with E-state index >= 15 is 0 Å². The molecule has 1 aliphatic heterocycles. The van der Waals surface area contributed by atoms with Crippen LogP contribution in [0.2, 0.25) is 0 Å². The molecular formula is C11H22N4. The molecule has 0 aromatic rings. The lowest BCUT2D eigenvalue weighted by Crippen LogP contribution is -2.54. The highest BCUT2D eigenvalue weighted by Gasteiger charge is 2.21. The largest absolute Gasteiger partial charge is 0.314 e. The third-order valence-electron chi connectivity index (χ3n) is 3.03. The van der Waals surface area contributed by atoms with Crippen molar-refractivity contribution in [3.8, 4) is 6.07 Å². The molecule has 0 aromatic heterocycles. The lowest BCUT2D eigenvalue weighted by atomic mass is 10.1. The van der Waals surface area contributed by atoms with E-state index in [1.807, 2.05) is 6.92 Å². The Kier molecular flexibility index (Phi) is 5.03. The summed E-state index contributed by atoms with van der Waals surface area (Å²) in [4.78, 5) is 4.75. The number of nitrogens with zero attached hydrogens (tertiary/aromatic N) is 3. The van der Waals surface area contributed by atoms with Gasteiger partial charge in [0.15, 0.2) is 0 Å². The Morgan fingerprint density at radius 3 is 2.87 bits per heavy atom. The minimum absolute atomic E-state index is 0.108. The first kappa shape index (κ1) is 12.4. The zero-order valence-electron chi connectivity index (χ0n) is 10.0. The van der Waals surface area contributed by atoms with Gasteiger partial charge in [0.2, 0.25) is 0 Å². The van der Waals surface area contributed by atoms with Crippen LogP contribution in [0.15, 0.2) is 0 Å². The van der Waals surface area contributed by atoms with Crippen molar-refractivity contribution in [3.63, 3.8) is 0 Å². The fourth-order valence-electron chi connectivity index (χ4n) is 1.83. The van der Waals surface area contributed by atoms with Crippen LogP contribution >= 0.6 is 0 Å². The van der Waals surface area contributed by atoms with E-state index in [-0.39, 0.29) is 5.92 Å². The molecule has 0 amide bonds. The van der Waals surface area contributed by atoms with Crippen LogP contribution in [0.4, 0.5) is 0 Å². The van der Waals surface area contributed by atoms with Gasteiger partial charge in [-0.2, -0.15) is 5.26 Å². The van der Waals surface area contributed by atoms with Gasteiger partial charge in [0.05, 0.1) is 12.0 Å². The Hall–Kier alpha value is -0.630. The molecule has 1 rings (SSSR count). The molecule has 0 aromatic carbocycles. The fourth-order valence-corrected chi connectivity index (χ4v) is 1.83. The van der Waals surface area contributed by atoms with E-state index in [0.717, 1.165) is 32.7 Å². The smallest absolute Gasteiger partial charge is 0.0666 e. The van der Waals surface area contributed by atoms with Gasteiger partial charge in [-0.3, -0.25) is 4.90 Å². The summed E-state index contributed by atoms with van der Waals surface area (Å²) in [5.41, 5.74) is 0. The molecule has 1 aliphatic rings. The molecule has 0 bridgehead atoms. The molecule has 0 saturated carbocycles. The highest BCUT2D eigenvalue weighted by atomic mass is 15.3. The Morgan fingerprint density at radius 2 is 2.20 bits per heavy atom. The van der Waals surface area contributed by atoms with Crippen LogP contribution in [0.25, 0.3) is 0 Å². The second-order valence-electron chi connectivity index (χ2n) is 4.59. The molecule has 4 heteroatoms. The van der Waals surface area contributed by atoms with E-state index in [9.17, 15) is 0 Å². The average molecular weight is 210 g/mol. The zero-order chi connectivity index (χ0) is 11.3. The van der Waals surface area contributed by atoms with Crippen LogP contribution in [0, 0.1) is 17.2 Å². The van der Waals surface area contributed by atoms with Gasteiger partial charge in [-0.05, 0) is 21.0 Å². The minimum atomic E-state index is 0.108. The van der Waals surface area contributed by atoms with E-state index in [1.165, 1.54) is 0 Å². The Balaban J connectivity index is 2.22. The standard InChI is InChI=1S/C11H22N4/c1-10(6-12)7-13-8-11-9-14(2)4-5-15(11)3/h10-11,13H,4-5,7-9H2,1-3H3. The summed E-state index contributed by atoms with van der Waals surface area (Å²) in [6.45, 7) is 7.13. The van der Waals surface area contributed by atoms with Crippen LogP contribution in [0.5, 0.6) is 0 Å². The molecule has 86 valence electrons. The molecule has 15 heavy (non-hydrogen) atoms. The molecule has 0 spiro atoms. The molecule has 1 N–H and O–H groups in total. The van der Waals surface area contributed by atoms with Crippen LogP contribution in [0.1, 0.15) is 6.92 Å². The maximum absolute atomic E-state index is 8.66. The van der Waals surface area contributed by atoms with Gasteiger partial charge in [0, 0.05) is 38.8 Å². The summed E-state index contributed by atoms with van der Waals surface area (Å²) in [5.74, 6) is 0.108. The summed E-state index contributed by atoms with van der Waals surface area (Å²) in [5, 5.41) is 12.0. The van der Waals surface area contributed by atoms with Gasteiger partial charge < -0.3 is 10.2 Å². The molecule has 1 heterocycles. The number of nitrogens with one attached hydrogen (secondary N) is 1. The van der Waals surface area contributed by atoms with Crippen molar-refractivity contribution < 1.29 is 0 Å². The van der Waals surface area contributed by atoms with Crippen molar-refractivity contribution >= 4 is 0 Å². The number of piperazine rings is 1. The molecule has 0 radical (unpaired) electrons. The van der Waals surface area contributed by atoms with Gasteiger partial charge in [0.25, 0.3) is 0 Å². The lowest BCUT2D eigenvalue weighted by Gasteiger charge is -2.37. The van der Waals surface area contributed by atoms with E-state index in [2.05, 4.69) is 35.3 Å². The van der Waals surface area contributed by atoms with Crippen molar-refractivity contribution in [1.29, 1.82) is 5.26 Å². The molecular weight excluding hydrogens is 188 g/mol. The third-order valence-corrected chi connectivity index (χ3v) is 3.03. The highest BCUT2D eigenvalue weighted by molar-refractivity contribution is 4.83. The topological polar surface area (TPSA) is 42.3 Å². The summed E-state index contributed by atoms with van der Waals surface area (Å²) in [6.07, 6.45) is 0. The number of hydrogen-bond donors (Lipinski definition) is 1. The molecule has 1 fully saturated rings. The normalized spacial score (nSPS) is 26.1. The fraction of sp³-hybridized carbons (Fsp3) is 0.909. The monoisotopic (exact) mass is 210 g/mol. The second-order valence-corrected chi connectivity index (χ2v) is 4.59. The number of rotatable bonds is 4. The van der Waals surface area contributed by atoms with Crippen LogP contribution in [-0.2, 0) is 0 Å². The highest BCUT2D eigenvalue weighted by Crippen LogP contribution is 2.04. The van der Waals surface area contributed by atoms with Gasteiger partial charge in [-0.15, -0.1) is 0 Å². The lowest BCUT2D eigenvalue weighted by molar-refractivity contribution is 0.113. The van der Waals surface area contributed by atoms with E-state index < -0.39 is 0 Å². The van der Waals surface area contributed by atoms with E-state index in [1.54, 1.807) is 0 Å². The van der Waals surface area contributed by atoms with Crippen molar-refractivity contribution in [1.82, 2.24) is 15.1 Å². The maximum atomic E-state index is 8.66. The SMILES string of the molecule is CC(C#N)CNCC1CN(C)CCN1C. The van der Waals surface area contributed by atoms with E-state index in [4.69, 9.17) is 5.26 Å². The third kappa shape index (κ3) is 4.17. The van der Waals surface area contributed by atoms with Crippen LogP contribution in [0.3, 0.4) is 0 Å². The summed E-state index contributed by atoms with van der Waals surface area (Å²) < 4.78 is 0. The predicted molar refractivity (Wildman–Crippen MR) is 61.6 cm³/mol. The average Bonchev–Trinajstić information content (AvgIpc) is 2.23. The Morgan fingerprint density at radius 1 is 1.47 bits per heavy atom. The van der Waals surface area contributed by atoms with Crippen LogP contribution < -0.4 is 5.32 Å². The quantitative estimate of drug-likeness (QED) is 0.708. The van der Waals surface area contributed by atoms with Crippen LogP contribution in [-0.4, -0.2) is 62.7 Å². The Labute approximate surface area is 92.8 Å². The number of hydrogen-bond acceptors (Lipinski definition) is 4. The molecule has 2 atom stereocenters. The van der Waals surface area contributed by atoms with Gasteiger partial charge in [-0.1, -0.05) is 0 Å². The summed E-state index contributed by atoms with van der Waals surface area (Å²) >= 11 is 0. The molecule has 0 aliphatic carbocycles. The minimum Gasteiger partial charge on any atom is -0.314 e. The Bertz CT molecular complexity index is 223. The summed E-state index contributed by atoms with van der Waals surface area (Å²) in [6, 6.07) is 2.81. The predicted octanol–water partition coefficient (Wildman–Crippen LogP) is -0.0185. The molecule has 4 nitrogen and oxygen atoms in total. The van der Waals surface area contributed by atoms with Crippen molar-refractivity contribution in [2.75, 3.05) is 46.8 Å². The number of likely N-dealkylation sites (N-methyl/N-ethyl adjacent to an activating group) is 2.